The maximum atomic E-state index is 10.7. The van der Waals surface area contributed by atoms with E-state index in [9.17, 15) is 4.79 Å². The van der Waals surface area contributed by atoms with Crippen molar-refractivity contribution in [2.24, 2.45) is 0 Å². The number of oxazole rings is 1. The number of hydrogen-bond acceptors (Lipinski definition) is 5. The first-order valence-electron chi connectivity index (χ1n) is 5.51. The number of aromatic nitrogens is 1. The van der Waals surface area contributed by atoms with Gasteiger partial charge < -0.3 is 14.4 Å². The first-order chi connectivity index (χ1) is 9.11. The van der Waals surface area contributed by atoms with Gasteiger partial charge in [0, 0.05) is 12.6 Å². The molecule has 0 saturated carbocycles. The molecule has 0 bridgehead atoms. The van der Waals surface area contributed by atoms with Crippen molar-refractivity contribution in [3.05, 3.63) is 36.0 Å². The molecule has 6 heteroatoms. The normalized spacial score (nSPS) is 9.89. The lowest BCUT2D eigenvalue weighted by Gasteiger charge is -2.12. The Kier molecular flexibility index (Phi) is 3.48. The molecule has 1 heterocycles. The Morgan fingerprint density at radius 1 is 1.47 bits per heavy atom. The van der Waals surface area contributed by atoms with Crippen LogP contribution >= 0.6 is 0 Å². The van der Waals surface area contributed by atoms with E-state index in [4.69, 9.17) is 14.8 Å². The number of benzene rings is 1. The Balaban J connectivity index is 2.38. The quantitative estimate of drug-likeness (QED) is 0.897. The van der Waals surface area contributed by atoms with Gasteiger partial charge in [0.1, 0.15) is 12.6 Å². The lowest BCUT2D eigenvalue weighted by atomic mass is 10.2. The van der Waals surface area contributed by atoms with E-state index in [-0.39, 0.29) is 18.1 Å². The summed E-state index contributed by atoms with van der Waals surface area (Å²) in [5.74, 6) is -0.558. The molecule has 0 aliphatic rings. The number of hydrogen-bond donors (Lipinski definition) is 1. The van der Waals surface area contributed by atoms with E-state index in [0.717, 1.165) is 5.56 Å². The molecule has 0 saturated heterocycles. The van der Waals surface area contributed by atoms with Crippen LogP contribution in [-0.4, -0.2) is 29.7 Å². The largest absolute Gasteiger partial charge is 0.480 e. The van der Waals surface area contributed by atoms with Crippen LogP contribution in [0.4, 0.5) is 5.88 Å². The number of nitrogens with zero attached hydrogens (tertiary/aromatic N) is 3. The van der Waals surface area contributed by atoms with Crippen LogP contribution in [0, 0.1) is 11.3 Å². The topological polar surface area (TPSA) is 90.4 Å². The van der Waals surface area contributed by atoms with Crippen LogP contribution < -0.4 is 4.90 Å². The third kappa shape index (κ3) is 2.72. The minimum absolute atomic E-state index is 0.0719. The molecule has 96 valence electrons. The van der Waals surface area contributed by atoms with Gasteiger partial charge in [-0.1, -0.05) is 18.2 Å². The van der Waals surface area contributed by atoms with Crippen LogP contribution in [0.25, 0.3) is 11.5 Å². The zero-order chi connectivity index (χ0) is 13.8. The van der Waals surface area contributed by atoms with E-state index < -0.39 is 5.97 Å². The first kappa shape index (κ1) is 12.6. The molecule has 0 atom stereocenters. The third-order valence-corrected chi connectivity index (χ3v) is 2.46. The number of rotatable bonds is 4. The second-order valence-corrected chi connectivity index (χ2v) is 3.90. The van der Waals surface area contributed by atoms with Crippen LogP contribution in [0.3, 0.4) is 0 Å². The average Bonchev–Trinajstić information content (AvgIpc) is 2.83. The van der Waals surface area contributed by atoms with Gasteiger partial charge in [-0.15, -0.1) is 0 Å². The van der Waals surface area contributed by atoms with Gasteiger partial charge in [0.15, 0.2) is 0 Å². The number of carbonyl (C=O) groups is 1. The molecular formula is C13H11N3O3. The molecule has 2 rings (SSSR count). The molecular weight excluding hydrogens is 246 g/mol. The van der Waals surface area contributed by atoms with Crippen molar-refractivity contribution in [1.82, 2.24) is 4.98 Å². The van der Waals surface area contributed by atoms with Crippen molar-refractivity contribution in [2.75, 3.05) is 18.5 Å². The predicted molar refractivity (Wildman–Crippen MR) is 67.6 cm³/mol. The highest BCUT2D eigenvalue weighted by Gasteiger charge is 2.19. The molecule has 1 aromatic heterocycles. The lowest BCUT2D eigenvalue weighted by molar-refractivity contribution is -0.135. The summed E-state index contributed by atoms with van der Waals surface area (Å²) in [6, 6.07) is 11.0. The molecule has 0 aliphatic carbocycles. The van der Waals surface area contributed by atoms with Crippen LogP contribution in [-0.2, 0) is 4.79 Å². The second-order valence-electron chi connectivity index (χ2n) is 3.90. The number of aliphatic carboxylic acids is 1. The lowest BCUT2D eigenvalue weighted by Crippen LogP contribution is -2.25. The van der Waals surface area contributed by atoms with E-state index >= 15 is 0 Å². The minimum Gasteiger partial charge on any atom is -0.480 e. The van der Waals surface area contributed by atoms with Gasteiger partial charge in [-0.05, 0) is 12.1 Å². The maximum Gasteiger partial charge on any atom is 0.323 e. The molecule has 0 unspecified atom stereocenters. The Bertz CT molecular complexity index is 628. The zero-order valence-electron chi connectivity index (χ0n) is 10.2. The van der Waals surface area contributed by atoms with Crippen LogP contribution in [0.15, 0.2) is 34.7 Å². The molecule has 6 nitrogen and oxygen atoms in total. The summed E-state index contributed by atoms with van der Waals surface area (Å²) in [6.07, 6.45) is 0. The number of anilines is 1. The van der Waals surface area contributed by atoms with Gasteiger partial charge in [-0.3, -0.25) is 4.79 Å². The highest BCUT2D eigenvalue weighted by molar-refractivity contribution is 5.73. The van der Waals surface area contributed by atoms with E-state index in [1.54, 1.807) is 12.1 Å². The standard InChI is InChI=1S/C13H11N3O3/c1-16(8-11(17)18)13-10(7-14)15-12(19-13)9-5-3-2-4-6-9/h2-6H,8H2,1H3,(H,17,18). The fourth-order valence-corrected chi connectivity index (χ4v) is 1.62. The summed E-state index contributed by atoms with van der Waals surface area (Å²) in [5, 5.41) is 17.8. The first-order valence-corrected chi connectivity index (χ1v) is 5.51. The molecule has 1 N–H and O–H groups in total. The summed E-state index contributed by atoms with van der Waals surface area (Å²) in [5.41, 5.74) is 0.802. The van der Waals surface area contributed by atoms with Crippen molar-refractivity contribution >= 4 is 11.9 Å². The summed E-state index contributed by atoms with van der Waals surface area (Å²) in [6.45, 7) is -0.266. The van der Waals surface area contributed by atoms with Crippen molar-refractivity contribution in [1.29, 1.82) is 5.26 Å². The second kappa shape index (κ2) is 5.23. The Labute approximate surface area is 109 Å². The fourth-order valence-electron chi connectivity index (χ4n) is 1.62. The average molecular weight is 257 g/mol. The molecule has 1 aromatic carbocycles. The van der Waals surface area contributed by atoms with Gasteiger partial charge in [0.25, 0.3) is 0 Å². The highest BCUT2D eigenvalue weighted by Crippen LogP contribution is 2.27. The van der Waals surface area contributed by atoms with Crippen LogP contribution in [0.5, 0.6) is 0 Å². The van der Waals surface area contributed by atoms with E-state index in [1.165, 1.54) is 11.9 Å². The Morgan fingerprint density at radius 3 is 2.74 bits per heavy atom. The summed E-state index contributed by atoms with van der Waals surface area (Å²) in [7, 11) is 1.53. The summed E-state index contributed by atoms with van der Waals surface area (Å²) >= 11 is 0. The molecule has 0 fully saturated rings. The predicted octanol–water partition coefficient (Wildman–Crippen LogP) is 1.73. The van der Waals surface area contributed by atoms with E-state index in [1.807, 2.05) is 24.3 Å². The van der Waals surface area contributed by atoms with Crippen molar-refractivity contribution in [3.63, 3.8) is 0 Å². The van der Waals surface area contributed by atoms with Gasteiger partial charge in [0.05, 0.1) is 0 Å². The van der Waals surface area contributed by atoms with Gasteiger partial charge in [0.2, 0.25) is 17.5 Å². The monoisotopic (exact) mass is 257 g/mol. The summed E-state index contributed by atoms with van der Waals surface area (Å²) < 4.78 is 5.48. The minimum atomic E-state index is -1.01. The highest BCUT2D eigenvalue weighted by atomic mass is 16.4. The van der Waals surface area contributed by atoms with Gasteiger partial charge in [-0.25, -0.2) is 0 Å². The van der Waals surface area contributed by atoms with Crippen molar-refractivity contribution in [3.8, 4) is 17.5 Å². The maximum absolute atomic E-state index is 10.7. The SMILES string of the molecule is CN(CC(=O)O)c1oc(-c2ccccc2)nc1C#N. The Morgan fingerprint density at radius 2 is 2.16 bits per heavy atom. The number of likely N-dealkylation sites (N-methyl/N-ethyl adjacent to an activating group) is 1. The van der Waals surface area contributed by atoms with Crippen LogP contribution in [0.1, 0.15) is 5.69 Å². The zero-order valence-corrected chi connectivity index (χ0v) is 10.2. The van der Waals surface area contributed by atoms with Crippen molar-refractivity contribution < 1.29 is 14.3 Å². The molecule has 0 amide bonds. The fraction of sp³-hybridized carbons (Fsp3) is 0.154. The van der Waals surface area contributed by atoms with Crippen molar-refractivity contribution in [2.45, 2.75) is 0 Å². The number of nitriles is 1. The molecule has 0 spiro atoms. The van der Waals surface area contributed by atoms with E-state index in [0.29, 0.717) is 5.89 Å². The molecule has 2 aromatic rings. The Hall–Kier alpha value is -2.81. The third-order valence-electron chi connectivity index (χ3n) is 2.46. The van der Waals surface area contributed by atoms with E-state index in [2.05, 4.69) is 4.98 Å². The van der Waals surface area contributed by atoms with Gasteiger partial charge >= 0.3 is 5.97 Å². The van der Waals surface area contributed by atoms with Crippen LogP contribution in [0.2, 0.25) is 0 Å². The van der Waals surface area contributed by atoms with Gasteiger partial charge in [-0.2, -0.15) is 10.2 Å². The number of carboxylic acid groups (broad SMARTS) is 1. The number of carboxylic acids is 1. The molecule has 0 radical (unpaired) electrons. The molecule has 19 heavy (non-hydrogen) atoms. The molecule has 0 aliphatic heterocycles. The summed E-state index contributed by atoms with van der Waals surface area (Å²) in [4.78, 5) is 16.1. The smallest absolute Gasteiger partial charge is 0.323 e.